The Hall–Kier alpha value is -1.55. The molecule has 0 spiro atoms. The Labute approximate surface area is 112 Å². The Morgan fingerprint density at radius 2 is 1.83 bits per heavy atom. The number of carbonyl (C=O) groups excluding carboxylic acids is 1. The van der Waals surface area contributed by atoms with Crippen molar-refractivity contribution in [1.82, 2.24) is 0 Å². The summed E-state index contributed by atoms with van der Waals surface area (Å²) in [6.07, 6.45) is 0. The molecule has 0 N–H and O–H groups in total. The van der Waals surface area contributed by atoms with Crippen molar-refractivity contribution in [3.05, 3.63) is 69.2 Å². The molecule has 0 saturated heterocycles. The molecule has 0 amide bonds. The molecule has 0 aliphatic carbocycles. The van der Waals surface area contributed by atoms with Crippen molar-refractivity contribution in [3.63, 3.8) is 0 Å². The van der Waals surface area contributed by atoms with Gasteiger partial charge in [-0.05, 0) is 30.7 Å². The molecule has 0 heterocycles. The molecule has 0 atom stereocenters. The molecule has 1 nitrogen and oxygen atoms in total. The number of hydrogen-bond acceptors (Lipinski definition) is 1. The van der Waals surface area contributed by atoms with Crippen molar-refractivity contribution in [1.29, 1.82) is 0 Å². The number of halogens is 3. The van der Waals surface area contributed by atoms with E-state index in [1.54, 1.807) is 24.3 Å². The molecule has 0 fully saturated rings. The van der Waals surface area contributed by atoms with Crippen LogP contribution in [0.25, 0.3) is 0 Å². The van der Waals surface area contributed by atoms with Crippen molar-refractivity contribution in [3.8, 4) is 0 Å². The molecule has 2 aromatic rings. The lowest BCUT2D eigenvalue weighted by molar-refractivity contribution is 0.103. The molecule has 92 valence electrons. The number of benzene rings is 2. The molecular weight excluding hydrogens is 302 g/mol. The summed E-state index contributed by atoms with van der Waals surface area (Å²) in [6.45, 7) is 1.45. The van der Waals surface area contributed by atoms with Crippen LogP contribution < -0.4 is 0 Å². The summed E-state index contributed by atoms with van der Waals surface area (Å²) in [4.78, 5) is 12.1. The minimum absolute atomic E-state index is 0.179. The van der Waals surface area contributed by atoms with Gasteiger partial charge in [0.05, 0.1) is 5.56 Å². The number of hydrogen-bond donors (Lipinski definition) is 0. The molecule has 0 aromatic heterocycles. The molecule has 0 saturated carbocycles. The first-order valence-corrected chi connectivity index (χ1v) is 6.05. The van der Waals surface area contributed by atoms with Crippen LogP contribution in [0.3, 0.4) is 0 Å². The second-order valence-corrected chi connectivity index (χ2v) is 4.81. The SMILES string of the molecule is Cc1ccc(C(=O)c2cccc(Br)c2)c(F)c1F. The van der Waals surface area contributed by atoms with E-state index in [1.807, 2.05) is 0 Å². The van der Waals surface area contributed by atoms with E-state index in [0.717, 1.165) is 0 Å². The van der Waals surface area contributed by atoms with E-state index in [-0.39, 0.29) is 11.1 Å². The van der Waals surface area contributed by atoms with E-state index in [1.165, 1.54) is 19.1 Å². The van der Waals surface area contributed by atoms with E-state index in [2.05, 4.69) is 15.9 Å². The predicted molar refractivity (Wildman–Crippen MR) is 68.7 cm³/mol. The maximum atomic E-state index is 13.7. The summed E-state index contributed by atoms with van der Waals surface area (Å²) < 4.78 is 27.8. The van der Waals surface area contributed by atoms with Crippen LogP contribution >= 0.6 is 15.9 Å². The highest BCUT2D eigenvalue weighted by atomic mass is 79.9. The Kier molecular flexibility index (Phi) is 3.57. The average molecular weight is 311 g/mol. The van der Waals surface area contributed by atoms with Gasteiger partial charge in [0.25, 0.3) is 0 Å². The second kappa shape index (κ2) is 4.98. The highest BCUT2D eigenvalue weighted by Gasteiger charge is 2.18. The lowest BCUT2D eigenvalue weighted by atomic mass is 10.0. The van der Waals surface area contributed by atoms with Gasteiger partial charge in [-0.25, -0.2) is 8.78 Å². The van der Waals surface area contributed by atoms with Gasteiger partial charge in [0.2, 0.25) is 0 Å². The van der Waals surface area contributed by atoms with Crippen molar-refractivity contribution in [2.45, 2.75) is 6.92 Å². The first-order chi connectivity index (χ1) is 8.50. The molecule has 18 heavy (non-hydrogen) atoms. The summed E-state index contributed by atoms with van der Waals surface area (Å²) in [5.74, 6) is -2.61. The van der Waals surface area contributed by atoms with Crippen LogP contribution in [0.5, 0.6) is 0 Å². The summed E-state index contributed by atoms with van der Waals surface area (Å²) in [5, 5.41) is 0. The Morgan fingerprint density at radius 3 is 2.50 bits per heavy atom. The van der Waals surface area contributed by atoms with Crippen LogP contribution in [0.15, 0.2) is 40.9 Å². The average Bonchev–Trinajstić information content (AvgIpc) is 2.35. The molecule has 4 heteroatoms. The molecule has 0 bridgehead atoms. The molecule has 0 aliphatic rings. The Balaban J connectivity index is 2.50. The van der Waals surface area contributed by atoms with Crippen LogP contribution in [-0.4, -0.2) is 5.78 Å². The highest BCUT2D eigenvalue weighted by Crippen LogP contribution is 2.20. The maximum Gasteiger partial charge on any atom is 0.196 e. The van der Waals surface area contributed by atoms with Crippen LogP contribution in [0.4, 0.5) is 8.78 Å². The lowest BCUT2D eigenvalue weighted by Gasteiger charge is -2.05. The minimum Gasteiger partial charge on any atom is -0.288 e. The van der Waals surface area contributed by atoms with Gasteiger partial charge in [-0.3, -0.25) is 4.79 Å². The molecule has 0 radical (unpaired) electrons. The number of ketones is 1. The van der Waals surface area contributed by atoms with Crippen molar-refractivity contribution in [2.24, 2.45) is 0 Å². The summed E-state index contributed by atoms with van der Waals surface area (Å²) >= 11 is 3.23. The van der Waals surface area contributed by atoms with Gasteiger partial charge in [0.15, 0.2) is 17.4 Å². The van der Waals surface area contributed by atoms with Gasteiger partial charge in [-0.15, -0.1) is 0 Å². The Morgan fingerprint density at radius 1 is 1.11 bits per heavy atom. The third kappa shape index (κ3) is 2.34. The van der Waals surface area contributed by atoms with E-state index < -0.39 is 17.4 Å². The standard InChI is InChI=1S/C14H9BrF2O/c1-8-5-6-11(13(17)12(8)16)14(18)9-3-2-4-10(15)7-9/h2-7H,1H3. The van der Waals surface area contributed by atoms with Crippen molar-refractivity contribution in [2.75, 3.05) is 0 Å². The number of rotatable bonds is 2. The number of carbonyl (C=O) groups is 1. The van der Waals surface area contributed by atoms with Crippen LogP contribution in [0, 0.1) is 18.6 Å². The second-order valence-electron chi connectivity index (χ2n) is 3.90. The van der Waals surface area contributed by atoms with Crippen LogP contribution in [-0.2, 0) is 0 Å². The molecule has 2 aromatic carbocycles. The molecule has 0 unspecified atom stereocenters. The van der Waals surface area contributed by atoms with Gasteiger partial charge in [0.1, 0.15) is 0 Å². The van der Waals surface area contributed by atoms with Crippen LogP contribution in [0.1, 0.15) is 21.5 Å². The predicted octanol–water partition coefficient (Wildman–Crippen LogP) is 4.27. The quantitative estimate of drug-likeness (QED) is 0.757. The molecule has 0 aliphatic heterocycles. The van der Waals surface area contributed by atoms with E-state index in [0.29, 0.717) is 10.0 Å². The van der Waals surface area contributed by atoms with Crippen LogP contribution in [0.2, 0.25) is 0 Å². The van der Waals surface area contributed by atoms with Crippen molar-refractivity contribution < 1.29 is 13.6 Å². The maximum absolute atomic E-state index is 13.7. The van der Waals surface area contributed by atoms with Gasteiger partial charge in [-0.2, -0.15) is 0 Å². The zero-order valence-electron chi connectivity index (χ0n) is 9.51. The van der Waals surface area contributed by atoms with Gasteiger partial charge in [0, 0.05) is 10.0 Å². The monoisotopic (exact) mass is 310 g/mol. The van der Waals surface area contributed by atoms with E-state index in [9.17, 15) is 13.6 Å². The topological polar surface area (TPSA) is 17.1 Å². The summed E-state index contributed by atoms with van der Waals surface area (Å²) in [7, 11) is 0. The fraction of sp³-hybridized carbons (Fsp3) is 0.0714. The fourth-order valence-corrected chi connectivity index (χ4v) is 2.01. The lowest BCUT2D eigenvalue weighted by Crippen LogP contribution is -2.06. The number of aryl methyl sites for hydroxylation is 1. The zero-order valence-corrected chi connectivity index (χ0v) is 11.1. The molecular formula is C14H9BrF2O. The minimum atomic E-state index is -1.10. The largest absolute Gasteiger partial charge is 0.288 e. The normalized spacial score (nSPS) is 10.4. The highest BCUT2D eigenvalue weighted by molar-refractivity contribution is 9.10. The third-order valence-electron chi connectivity index (χ3n) is 2.61. The third-order valence-corrected chi connectivity index (χ3v) is 3.10. The van der Waals surface area contributed by atoms with Gasteiger partial charge < -0.3 is 0 Å². The summed E-state index contributed by atoms with van der Waals surface area (Å²) in [5.41, 5.74) is 0.237. The van der Waals surface area contributed by atoms with E-state index >= 15 is 0 Å². The summed E-state index contributed by atoms with van der Waals surface area (Å²) in [6, 6.07) is 9.24. The van der Waals surface area contributed by atoms with Crippen molar-refractivity contribution >= 4 is 21.7 Å². The van der Waals surface area contributed by atoms with Gasteiger partial charge >= 0.3 is 0 Å². The molecule has 2 rings (SSSR count). The fourth-order valence-electron chi connectivity index (χ4n) is 1.61. The zero-order chi connectivity index (χ0) is 13.3. The first-order valence-electron chi connectivity index (χ1n) is 5.25. The first kappa shape index (κ1) is 12.9. The van der Waals surface area contributed by atoms with E-state index in [4.69, 9.17) is 0 Å². The Bertz CT molecular complexity index is 623. The smallest absolute Gasteiger partial charge is 0.196 e. The van der Waals surface area contributed by atoms with Gasteiger partial charge in [-0.1, -0.05) is 34.1 Å².